The normalized spacial score (nSPS) is 12.8. The van der Waals surface area contributed by atoms with Crippen LogP contribution in [-0.2, 0) is 0 Å². The second-order valence-corrected chi connectivity index (χ2v) is 7.06. The molecule has 6 heteroatoms. The molecule has 4 aromatic heterocycles. The SMILES string of the molecule is c1cnc2c(c1)C(=NCCN=C1c3cccnc3-c3ncccc31)c1cccnc1-2. The summed E-state index contributed by atoms with van der Waals surface area (Å²) in [5.74, 6) is 0. The molecule has 142 valence electrons. The van der Waals surface area contributed by atoms with Crippen molar-refractivity contribution in [2.75, 3.05) is 13.1 Å². The number of fused-ring (bicyclic) bond motifs is 6. The Labute approximate surface area is 173 Å². The standard InChI is InChI=1S/C24H16N6/c1-5-15-19(16-6-2-10-26-22(16)21(15)25-9-1)29-13-14-30-20-17-7-3-11-27-23(17)24-18(20)8-4-12-28-24/h1-12H,13-14H2. The molecule has 4 aromatic rings. The zero-order valence-electron chi connectivity index (χ0n) is 16.0. The minimum Gasteiger partial charge on any atom is -0.282 e. The van der Waals surface area contributed by atoms with E-state index >= 15 is 0 Å². The lowest BCUT2D eigenvalue weighted by Gasteiger charge is -2.02. The zero-order chi connectivity index (χ0) is 19.9. The molecule has 0 amide bonds. The smallest absolute Gasteiger partial charge is 0.0987 e. The highest BCUT2D eigenvalue weighted by Crippen LogP contribution is 2.34. The monoisotopic (exact) mass is 388 g/mol. The number of pyridine rings is 4. The van der Waals surface area contributed by atoms with E-state index in [9.17, 15) is 0 Å². The van der Waals surface area contributed by atoms with Crippen molar-refractivity contribution in [3.8, 4) is 22.8 Å². The number of nitrogens with zero attached hydrogens (tertiary/aromatic N) is 6. The van der Waals surface area contributed by atoms with Crippen LogP contribution in [0, 0.1) is 0 Å². The fraction of sp³-hybridized carbons (Fsp3) is 0.0833. The molecule has 0 aliphatic heterocycles. The lowest BCUT2D eigenvalue weighted by Crippen LogP contribution is -2.04. The van der Waals surface area contributed by atoms with Gasteiger partial charge in [0.2, 0.25) is 0 Å². The lowest BCUT2D eigenvalue weighted by molar-refractivity contribution is 0.977. The Morgan fingerprint density at radius 1 is 0.467 bits per heavy atom. The minimum absolute atomic E-state index is 0.576. The second-order valence-electron chi connectivity index (χ2n) is 7.06. The van der Waals surface area contributed by atoms with Crippen molar-refractivity contribution in [2.24, 2.45) is 9.98 Å². The first kappa shape index (κ1) is 16.9. The molecule has 0 fully saturated rings. The molecule has 4 heterocycles. The van der Waals surface area contributed by atoms with Crippen molar-refractivity contribution in [1.29, 1.82) is 0 Å². The Kier molecular flexibility index (Phi) is 3.81. The molecule has 0 unspecified atom stereocenters. The maximum absolute atomic E-state index is 4.88. The highest BCUT2D eigenvalue weighted by Gasteiger charge is 2.27. The molecule has 0 bridgehead atoms. The van der Waals surface area contributed by atoms with Crippen LogP contribution in [0.2, 0.25) is 0 Å². The maximum atomic E-state index is 4.88. The summed E-state index contributed by atoms with van der Waals surface area (Å²) in [4.78, 5) is 27.8. The molecule has 0 saturated heterocycles. The molecule has 0 radical (unpaired) electrons. The van der Waals surface area contributed by atoms with E-state index in [1.807, 2.05) is 24.3 Å². The van der Waals surface area contributed by atoms with Crippen LogP contribution in [-0.4, -0.2) is 44.4 Å². The first-order chi connectivity index (χ1) is 14.9. The van der Waals surface area contributed by atoms with E-state index in [-0.39, 0.29) is 0 Å². The molecule has 2 aliphatic carbocycles. The van der Waals surface area contributed by atoms with Crippen LogP contribution in [0.5, 0.6) is 0 Å². The molecular formula is C24H16N6. The van der Waals surface area contributed by atoms with Crippen LogP contribution < -0.4 is 0 Å². The Hall–Kier alpha value is -4.06. The highest BCUT2D eigenvalue weighted by molar-refractivity contribution is 6.24. The van der Waals surface area contributed by atoms with Gasteiger partial charge in [-0.15, -0.1) is 0 Å². The molecule has 0 N–H and O–H groups in total. The fourth-order valence-corrected chi connectivity index (χ4v) is 4.09. The Balaban J connectivity index is 1.33. The maximum Gasteiger partial charge on any atom is 0.0987 e. The predicted molar refractivity (Wildman–Crippen MR) is 116 cm³/mol. The number of rotatable bonds is 3. The summed E-state index contributed by atoms with van der Waals surface area (Å²) in [7, 11) is 0. The van der Waals surface area contributed by atoms with Crippen molar-refractivity contribution in [2.45, 2.75) is 0 Å². The van der Waals surface area contributed by atoms with Crippen molar-refractivity contribution in [3.05, 3.63) is 95.6 Å². The minimum atomic E-state index is 0.576. The van der Waals surface area contributed by atoms with Crippen molar-refractivity contribution >= 4 is 11.4 Å². The molecule has 0 atom stereocenters. The van der Waals surface area contributed by atoms with Crippen LogP contribution in [0.3, 0.4) is 0 Å². The molecule has 30 heavy (non-hydrogen) atoms. The van der Waals surface area contributed by atoms with E-state index < -0.39 is 0 Å². The van der Waals surface area contributed by atoms with Crippen LogP contribution in [0.4, 0.5) is 0 Å². The molecule has 2 aliphatic rings. The van der Waals surface area contributed by atoms with Gasteiger partial charge in [-0.2, -0.15) is 0 Å². The predicted octanol–water partition coefficient (Wildman–Crippen LogP) is 3.60. The summed E-state index contributed by atoms with van der Waals surface area (Å²) in [6, 6.07) is 16.0. The van der Waals surface area contributed by atoms with Gasteiger partial charge in [-0.05, 0) is 48.5 Å². The summed E-state index contributed by atoms with van der Waals surface area (Å²) < 4.78 is 0. The highest BCUT2D eigenvalue weighted by atomic mass is 14.9. The van der Waals surface area contributed by atoms with Crippen LogP contribution in [0.1, 0.15) is 22.3 Å². The van der Waals surface area contributed by atoms with Gasteiger partial charge in [0.1, 0.15) is 0 Å². The zero-order valence-corrected chi connectivity index (χ0v) is 16.0. The average Bonchev–Trinajstić information content (AvgIpc) is 3.30. The molecule has 6 rings (SSSR count). The van der Waals surface area contributed by atoms with Crippen molar-refractivity contribution in [3.63, 3.8) is 0 Å². The third-order valence-electron chi connectivity index (χ3n) is 5.34. The number of hydrogen-bond acceptors (Lipinski definition) is 6. The largest absolute Gasteiger partial charge is 0.282 e. The summed E-state index contributed by atoms with van der Waals surface area (Å²) in [5.41, 5.74) is 9.60. The molecule has 0 aromatic carbocycles. The summed E-state index contributed by atoms with van der Waals surface area (Å²) >= 11 is 0. The third kappa shape index (κ3) is 2.50. The van der Waals surface area contributed by atoms with Gasteiger partial charge in [-0.1, -0.05) is 0 Å². The summed E-state index contributed by atoms with van der Waals surface area (Å²) in [5, 5.41) is 0. The second kappa shape index (κ2) is 6.77. The Morgan fingerprint density at radius 3 is 1.07 bits per heavy atom. The van der Waals surface area contributed by atoms with E-state index in [0.717, 1.165) is 56.5 Å². The molecule has 0 spiro atoms. The van der Waals surface area contributed by atoms with Gasteiger partial charge in [0.15, 0.2) is 0 Å². The van der Waals surface area contributed by atoms with Crippen LogP contribution in [0.25, 0.3) is 22.8 Å². The van der Waals surface area contributed by atoms with E-state index in [4.69, 9.17) is 9.98 Å². The van der Waals surface area contributed by atoms with E-state index in [1.54, 1.807) is 24.8 Å². The summed E-state index contributed by atoms with van der Waals surface area (Å²) in [6.45, 7) is 1.15. The number of hydrogen-bond donors (Lipinski definition) is 0. The van der Waals surface area contributed by atoms with Gasteiger partial charge < -0.3 is 0 Å². The fourth-order valence-electron chi connectivity index (χ4n) is 4.09. The van der Waals surface area contributed by atoms with Crippen molar-refractivity contribution in [1.82, 2.24) is 19.9 Å². The number of aromatic nitrogens is 4. The van der Waals surface area contributed by atoms with Gasteiger partial charge in [-0.25, -0.2) is 0 Å². The average molecular weight is 388 g/mol. The first-order valence-corrected chi connectivity index (χ1v) is 9.83. The molecule has 0 saturated carbocycles. The molecule has 6 nitrogen and oxygen atoms in total. The first-order valence-electron chi connectivity index (χ1n) is 9.83. The van der Waals surface area contributed by atoms with Gasteiger partial charge >= 0.3 is 0 Å². The van der Waals surface area contributed by atoms with Crippen molar-refractivity contribution < 1.29 is 0 Å². The van der Waals surface area contributed by atoms with E-state index in [2.05, 4.69) is 44.2 Å². The van der Waals surface area contributed by atoms with E-state index in [0.29, 0.717) is 13.1 Å². The quantitative estimate of drug-likeness (QED) is 0.434. The molecular weight excluding hydrogens is 372 g/mol. The van der Waals surface area contributed by atoms with Gasteiger partial charge in [0.05, 0.1) is 47.3 Å². The third-order valence-corrected chi connectivity index (χ3v) is 5.34. The topological polar surface area (TPSA) is 76.3 Å². The Bertz CT molecular complexity index is 1160. The number of aliphatic imine (C=N–C) groups is 2. The van der Waals surface area contributed by atoms with Gasteiger partial charge in [0, 0.05) is 47.0 Å². The van der Waals surface area contributed by atoms with E-state index in [1.165, 1.54) is 0 Å². The summed E-state index contributed by atoms with van der Waals surface area (Å²) in [6.07, 6.45) is 7.18. The van der Waals surface area contributed by atoms with Crippen LogP contribution >= 0.6 is 0 Å². The van der Waals surface area contributed by atoms with Crippen LogP contribution in [0.15, 0.2) is 83.3 Å². The Morgan fingerprint density at radius 2 is 0.767 bits per heavy atom. The van der Waals surface area contributed by atoms with Gasteiger partial charge in [-0.3, -0.25) is 29.9 Å². The lowest BCUT2D eigenvalue weighted by atomic mass is 10.1. The van der Waals surface area contributed by atoms with Gasteiger partial charge in [0.25, 0.3) is 0 Å².